The zero-order chi connectivity index (χ0) is 26.3. The summed E-state index contributed by atoms with van der Waals surface area (Å²) in [6, 6.07) is 16.7. The Bertz CT molecular complexity index is 1220. The summed E-state index contributed by atoms with van der Waals surface area (Å²) in [5.41, 5.74) is 2.71. The molecule has 0 spiro atoms. The molecule has 0 fully saturated rings. The van der Waals surface area contributed by atoms with Gasteiger partial charge in [-0.15, -0.1) is 11.8 Å². The number of benzene rings is 3. The summed E-state index contributed by atoms with van der Waals surface area (Å²) >= 11 is 1.76. The molecule has 0 aliphatic heterocycles. The molecule has 0 radical (unpaired) electrons. The van der Waals surface area contributed by atoms with Crippen molar-refractivity contribution in [1.82, 2.24) is 0 Å². The topological polar surface area (TPSA) is 38.3 Å². The SMILES string of the molecule is CCSc1ccc(CC(=O)Nc2ccc(C(C)=CCC(C)(C)Oc3cc(F)c(F)cc3F)cc2)cc1. The van der Waals surface area contributed by atoms with Crippen molar-refractivity contribution in [2.24, 2.45) is 0 Å². The molecular weight excluding hydrogens is 483 g/mol. The first-order chi connectivity index (χ1) is 17.1. The number of allylic oxidation sites excluding steroid dienone is 1. The third-order valence-corrected chi connectivity index (χ3v) is 6.38. The molecule has 0 aliphatic carbocycles. The van der Waals surface area contributed by atoms with Crippen LogP contribution in [0.2, 0.25) is 0 Å². The Morgan fingerprint density at radius 3 is 2.25 bits per heavy atom. The highest BCUT2D eigenvalue weighted by Gasteiger charge is 2.22. The zero-order valence-electron chi connectivity index (χ0n) is 20.8. The van der Waals surface area contributed by atoms with Crippen molar-refractivity contribution in [1.29, 1.82) is 0 Å². The highest BCUT2D eigenvalue weighted by molar-refractivity contribution is 7.99. The van der Waals surface area contributed by atoms with E-state index >= 15 is 0 Å². The van der Waals surface area contributed by atoms with Gasteiger partial charge >= 0.3 is 0 Å². The van der Waals surface area contributed by atoms with Gasteiger partial charge < -0.3 is 10.1 Å². The van der Waals surface area contributed by atoms with Gasteiger partial charge in [-0.1, -0.05) is 37.3 Å². The number of amides is 1. The molecule has 0 saturated heterocycles. The quantitative estimate of drug-likeness (QED) is 0.220. The van der Waals surface area contributed by atoms with Gasteiger partial charge in [0.1, 0.15) is 5.60 Å². The molecular formula is C29H30F3NO2S. The maximum Gasteiger partial charge on any atom is 0.228 e. The third-order valence-electron chi connectivity index (χ3n) is 5.48. The summed E-state index contributed by atoms with van der Waals surface area (Å²) in [6.07, 6.45) is 2.64. The van der Waals surface area contributed by atoms with Crippen LogP contribution in [0.5, 0.6) is 5.75 Å². The van der Waals surface area contributed by atoms with Gasteiger partial charge in [0.2, 0.25) is 5.91 Å². The van der Waals surface area contributed by atoms with Crippen LogP contribution in [0.4, 0.5) is 18.9 Å². The fourth-order valence-electron chi connectivity index (χ4n) is 3.52. The first kappa shape index (κ1) is 27.4. The molecule has 3 rings (SSSR count). The van der Waals surface area contributed by atoms with Crippen LogP contribution in [-0.2, 0) is 11.2 Å². The zero-order valence-corrected chi connectivity index (χ0v) is 21.6. The number of carbonyl (C=O) groups is 1. The molecule has 1 N–H and O–H groups in total. The molecule has 0 aliphatic rings. The second-order valence-corrected chi connectivity index (χ2v) is 10.4. The minimum Gasteiger partial charge on any atom is -0.484 e. The normalized spacial score (nSPS) is 11.9. The monoisotopic (exact) mass is 513 g/mol. The Kier molecular flexibility index (Phi) is 9.26. The maximum absolute atomic E-state index is 13.9. The number of carbonyl (C=O) groups excluding carboxylic acids is 1. The number of halogens is 3. The molecule has 3 aromatic carbocycles. The number of hydrogen-bond acceptors (Lipinski definition) is 3. The first-order valence-electron chi connectivity index (χ1n) is 11.7. The predicted octanol–water partition coefficient (Wildman–Crippen LogP) is 8.05. The second-order valence-electron chi connectivity index (χ2n) is 9.03. The van der Waals surface area contributed by atoms with E-state index in [2.05, 4.69) is 12.2 Å². The Morgan fingerprint density at radius 2 is 1.61 bits per heavy atom. The van der Waals surface area contributed by atoms with E-state index in [1.807, 2.05) is 61.5 Å². The summed E-state index contributed by atoms with van der Waals surface area (Å²) in [5, 5.41) is 2.92. The lowest BCUT2D eigenvalue weighted by Gasteiger charge is -2.26. The van der Waals surface area contributed by atoms with Crippen molar-refractivity contribution in [3.8, 4) is 5.75 Å². The van der Waals surface area contributed by atoms with Gasteiger partial charge in [-0.3, -0.25) is 4.79 Å². The first-order valence-corrected chi connectivity index (χ1v) is 12.7. The minimum absolute atomic E-state index is 0.0886. The van der Waals surface area contributed by atoms with E-state index in [1.165, 1.54) is 4.90 Å². The molecule has 0 saturated carbocycles. The average molecular weight is 514 g/mol. The van der Waals surface area contributed by atoms with Crippen LogP contribution in [0.15, 0.2) is 71.6 Å². The maximum atomic E-state index is 13.9. The Hall–Kier alpha value is -3.19. The van der Waals surface area contributed by atoms with E-state index in [0.717, 1.165) is 28.5 Å². The molecule has 0 heterocycles. The van der Waals surface area contributed by atoms with Gasteiger partial charge in [0.15, 0.2) is 23.2 Å². The van der Waals surface area contributed by atoms with Crippen molar-refractivity contribution in [2.45, 2.75) is 51.0 Å². The van der Waals surface area contributed by atoms with Crippen LogP contribution in [0.3, 0.4) is 0 Å². The smallest absolute Gasteiger partial charge is 0.228 e. The molecule has 0 aromatic heterocycles. The van der Waals surface area contributed by atoms with Crippen LogP contribution < -0.4 is 10.1 Å². The molecule has 3 nitrogen and oxygen atoms in total. The average Bonchev–Trinajstić information content (AvgIpc) is 2.83. The van der Waals surface area contributed by atoms with Gasteiger partial charge in [0.05, 0.1) is 6.42 Å². The summed E-state index contributed by atoms with van der Waals surface area (Å²) in [4.78, 5) is 13.6. The number of hydrogen-bond donors (Lipinski definition) is 1. The van der Waals surface area contributed by atoms with E-state index in [9.17, 15) is 18.0 Å². The fourth-order valence-corrected chi connectivity index (χ4v) is 4.18. The molecule has 1 amide bonds. The van der Waals surface area contributed by atoms with Crippen molar-refractivity contribution in [3.63, 3.8) is 0 Å². The van der Waals surface area contributed by atoms with E-state index < -0.39 is 23.1 Å². The number of anilines is 1. The van der Waals surface area contributed by atoms with E-state index in [0.29, 0.717) is 24.6 Å². The Balaban J connectivity index is 1.56. The molecule has 3 aromatic rings. The molecule has 36 heavy (non-hydrogen) atoms. The number of ether oxygens (including phenoxy) is 1. The number of rotatable bonds is 10. The van der Waals surface area contributed by atoms with Gasteiger partial charge in [0.25, 0.3) is 0 Å². The lowest BCUT2D eigenvalue weighted by atomic mass is 9.99. The Morgan fingerprint density at radius 1 is 0.972 bits per heavy atom. The lowest BCUT2D eigenvalue weighted by Crippen LogP contribution is -2.28. The van der Waals surface area contributed by atoms with Gasteiger partial charge in [-0.2, -0.15) is 0 Å². The molecule has 190 valence electrons. The number of nitrogens with one attached hydrogen (secondary N) is 1. The van der Waals surface area contributed by atoms with Crippen LogP contribution in [0.1, 0.15) is 45.2 Å². The summed E-state index contributed by atoms with van der Waals surface area (Å²) in [7, 11) is 0. The van der Waals surface area contributed by atoms with Gasteiger partial charge in [0, 0.05) is 29.1 Å². The fraction of sp³-hybridized carbons (Fsp3) is 0.276. The summed E-state index contributed by atoms with van der Waals surface area (Å²) in [5.74, 6) is -2.78. The van der Waals surface area contributed by atoms with Crippen LogP contribution in [-0.4, -0.2) is 17.3 Å². The van der Waals surface area contributed by atoms with Crippen LogP contribution in [0, 0.1) is 17.5 Å². The molecule has 7 heteroatoms. The highest BCUT2D eigenvalue weighted by atomic mass is 32.2. The highest BCUT2D eigenvalue weighted by Crippen LogP contribution is 2.28. The third kappa shape index (κ3) is 7.92. The standard InChI is InChI=1S/C29H30F3NO2S/c1-5-36-23-12-6-20(7-13-23)16-28(34)33-22-10-8-21(9-11-22)19(2)14-15-29(3,4)35-27-18-25(31)24(30)17-26(27)32/h6-14,17-18H,5,15-16H2,1-4H3,(H,33,34). The van der Waals surface area contributed by atoms with Crippen LogP contribution >= 0.6 is 11.8 Å². The van der Waals surface area contributed by atoms with E-state index in [-0.39, 0.29) is 11.7 Å². The van der Waals surface area contributed by atoms with Crippen molar-refractivity contribution in [3.05, 3.63) is 95.3 Å². The van der Waals surface area contributed by atoms with Crippen molar-refractivity contribution >= 4 is 28.9 Å². The second kappa shape index (κ2) is 12.2. The van der Waals surface area contributed by atoms with E-state index in [1.54, 1.807) is 25.6 Å². The van der Waals surface area contributed by atoms with Gasteiger partial charge in [-0.05, 0) is 67.5 Å². The molecule has 0 atom stereocenters. The largest absolute Gasteiger partial charge is 0.484 e. The lowest BCUT2D eigenvalue weighted by molar-refractivity contribution is -0.115. The Labute approximate surface area is 214 Å². The summed E-state index contributed by atoms with van der Waals surface area (Å²) in [6.45, 7) is 7.52. The van der Waals surface area contributed by atoms with E-state index in [4.69, 9.17) is 4.74 Å². The molecule has 0 bridgehead atoms. The van der Waals surface area contributed by atoms with Crippen molar-refractivity contribution < 1.29 is 22.7 Å². The minimum atomic E-state index is -1.26. The summed E-state index contributed by atoms with van der Waals surface area (Å²) < 4.78 is 46.2. The van der Waals surface area contributed by atoms with Crippen molar-refractivity contribution in [2.75, 3.05) is 11.1 Å². The van der Waals surface area contributed by atoms with Crippen LogP contribution in [0.25, 0.3) is 5.57 Å². The predicted molar refractivity (Wildman–Crippen MR) is 141 cm³/mol. The van der Waals surface area contributed by atoms with Gasteiger partial charge in [-0.25, -0.2) is 13.2 Å². The molecule has 0 unspecified atom stereocenters. The number of thioether (sulfide) groups is 1.